The first kappa shape index (κ1) is 52.1. The van der Waals surface area contributed by atoms with Gasteiger partial charge in [0.2, 0.25) is 12.2 Å². The van der Waals surface area contributed by atoms with Crippen LogP contribution in [-0.2, 0) is 23.6 Å². The molecule has 0 radical (unpaired) electrons. The van der Waals surface area contributed by atoms with E-state index in [2.05, 4.69) is 9.98 Å². The average Bonchev–Trinajstić information content (AvgIpc) is 3.94. The number of hydrogen-bond acceptors (Lipinski definition) is 13. The number of methoxy groups -OCH3 is 1. The lowest BCUT2D eigenvalue weighted by atomic mass is 9.91. The maximum atomic E-state index is 14.2. The normalized spacial score (nSPS) is 18.9. The van der Waals surface area contributed by atoms with Crippen LogP contribution in [0, 0.1) is 0 Å². The molecule has 8 rings (SSSR count). The molecular formula is C50H49Cl2N4O12PS2. The maximum absolute atomic E-state index is 14.2. The lowest BCUT2D eigenvalue weighted by Crippen LogP contribution is -2.33. The van der Waals surface area contributed by atoms with Crippen LogP contribution in [-0.4, -0.2) is 105 Å². The molecule has 4 N–H and O–H groups in total. The molecule has 4 unspecified atom stereocenters. The van der Waals surface area contributed by atoms with E-state index in [1.54, 1.807) is 59.7 Å². The van der Waals surface area contributed by atoms with Crippen LogP contribution >= 0.6 is 52.6 Å². The zero-order valence-electron chi connectivity index (χ0n) is 38.3. The largest absolute Gasteiger partial charge is 0.524 e. The Hall–Kier alpha value is -5.24. The molecule has 3 amide bonds. The zero-order chi connectivity index (χ0) is 50.4. The maximum Gasteiger partial charge on any atom is 0.524 e. The highest BCUT2D eigenvalue weighted by molar-refractivity contribution is 8.76. The molecule has 1 aromatic heterocycles. The number of aliphatic hydroxyl groups is 2. The number of halogens is 2. The second kappa shape index (κ2) is 23.1. The summed E-state index contributed by atoms with van der Waals surface area (Å²) in [6.07, 6.45) is 4.59. The van der Waals surface area contributed by atoms with Crippen LogP contribution in [0.4, 0.5) is 16.2 Å². The van der Waals surface area contributed by atoms with Crippen molar-refractivity contribution in [2.75, 3.05) is 48.4 Å². The Kier molecular flexibility index (Phi) is 16.9. The van der Waals surface area contributed by atoms with Crippen molar-refractivity contribution >= 4 is 109 Å². The number of pyridine rings is 1. The zero-order valence-corrected chi connectivity index (χ0v) is 42.3. The molecule has 1 aliphatic carbocycles. The first-order valence-electron chi connectivity index (χ1n) is 22.4. The fourth-order valence-corrected chi connectivity index (χ4v) is 11.6. The number of aliphatic hydroxyl groups excluding tert-OH is 1. The Bertz CT molecular complexity index is 3010. The summed E-state index contributed by atoms with van der Waals surface area (Å²) in [5.74, 6) is -0.615. The van der Waals surface area contributed by atoms with E-state index in [4.69, 9.17) is 41.9 Å². The molecule has 0 saturated heterocycles. The summed E-state index contributed by atoms with van der Waals surface area (Å²) in [7, 11) is -0.742. The first-order valence-corrected chi connectivity index (χ1v) is 27.2. The molecule has 5 aromatic rings. The number of hydrogen-bond donors (Lipinski definition) is 4. The topological polar surface area (TPSA) is 218 Å². The molecule has 2 aliphatic heterocycles. The third-order valence-corrected chi connectivity index (χ3v) is 16.0. The summed E-state index contributed by atoms with van der Waals surface area (Å²) in [6.45, 7) is 2.44. The van der Waals surface area contributed by atoms with Crippen LogP contribution in [0.3, 0.4) is 0 Å². The number of ether oxygens (including phenoxy) is 3. The van der Waals surface area contributed by atoms with Gasteiger partial charge in [0.25, 0.3) is 12.2 Å². The van der Waals surface area contributed by atoms with Crippen molar-refractivity contribution < 1.29 is 57.7 Å². The smallest absolute Gasteiger partial charge is 0.459 e. The highest BCUT2D eigenvalue weighted by Crippen LogP contribution is 2.50. The monoisotopic (exact) mass is 1060 g/mol. The van der Waals surface area contributed by atoms with E-state index in [0.29, 0.717) is 51.5 Å². The predicted molar refractivity (Wildman–Crippen MR) is 277 cm³/mol. The van der Waals surface area contributed by atoms with Gasteiger partial charge in [0.15, 0.2) is 0 Å². The number of aliphatic imine (C=N–C) groups is 1. The van der Waals surface area contributed by atoms with Crippen LogP contribution < -0.4 is 19.1 Å². The molecule has 3 aliphatic rings. The molecule has 0 spiro atoms. The quantitative estimate of drug-likeness (QED) is 0.0224. The van der Waals surface area contributed by atoms with Crippen LogP contribution in [0.15, 0.2) is 131 Å². The molecule has 4 aromatic carbocycles. The van der Waals surface area contributed by atoms with Crippen LogP contribution in [0.5, 0.6) is 11.5 Å². The van der Waals surface area contributed by atoms with Crippen molar-refractivity contribution in [2.24, 2.45) is 4.99 Å². The summed E-state index contributed by atoms with van der Waals surface area (Å²) in [6, 6.07) is 23.1. The molecule has 0 bridgehead atoms. The number of alkyl halides is 2. The Morgan fingerprint density at radius 1 is 0.887 bits per heavy atom. The second-order valence-electron chi connectivity index (χ2n) is 16.8. The average molecular weight is 1060 g/mol. The summed E-state index contributed by atoms with van der Waals surface area (Å²) >= 11 is 13.0. The van der Waals surface area contributed by atoms with Crippen molar-refractivity contribution in [3.63, 3.8) is 0 Å². The van der Waals surface area contributed by atoms with E-state index in [-0.39, 0.29) is 84.0 Å². The SMILES string of the molecule is COC(Oc1cc2c(c3ccccc13)C(CCl)CN2C(=O)/C=C/C1=CC(=NC(=O)OCC(C)SSc2ccccn2)/C(=C/CC(=O)N2CC(CCl)c3c2cc(OP(=O)(O)O)c2ccccc32)CC1)C(O)O. The predicted octanol–water partition coefficient (Wildman–Crippen LogP) is 9.56. The van der Waals surface area contributed by atoms with Crippen LogP contribution in [0.2, 0.25) is 0 Å². The van der Waals surface area contributed by atoms with Gasteiger partial charge in [-0.25, -0.2) is 14.3 Å². The summed E-state index contributed by atoms with van der Waals surface area (Å²) in [5.41, 5.74) is 4.07. The van der Waals surface area contributed by atoms with Gasteiger partial charge in [-0.15, -0.1) is 23.2 Å². The molecule has 0 fully saturated rings. The van der Waals surface area contributed by atoms with Crippen molar-refractivity contribution in [2.45, 2.75) is 60.9 Å². The van der Waals surface area contributed by atoms with Gasteiger partial charge >= 0.3 is 13.9 Å². The molecule has 3 heterocycles. The molecule has 372 valence electrons. The molecule has 71 heavy (non-hydrogen) atoms. The molecule has 4 atom stereocenters. The highest BCUT2D eigenvalue weighted by Gasteiger charge is 2.37. The van der Waals surface area contributed by atoms with E-state index in [1.165, 1.54) is 45.7 Å². The van der Waals surface area contributed by atoms with Gasteiger partial charge in [-0.05, 0) is 81.8 Å². The number of phosphoric ester groups is 1. The van der Waals surface area contributed by atoms with Gasteiger partial charge in [-0.3, -0.25) is 19.4 Å². The fraction of sp³-hybridized carbons (Fsp3) is 0.300. The number of amides is 3. The molecule has 16 nitrogen and oxygen atoms in total. The van der Waals surface area contributed by atoms with Gasteiger partial charge in [0.05, 0.1) is 17.1 Å². The third-order valence-electron chi connectivity index (χ3n) is 12.0. The minimum atomic E-state index is -4.97. The summed E-state index contributed by atoms with van der Waals surface area (Å²) < 4.78 is 33.8. The number of rotatable bonds is 17. The van der Waals surface area contributed by atoms with Crippen molar-refractivity contribution in [1.29, 1.82) is 0 Å². The van der Waals surface area contributed by atoms with Crippen LogP contribution in [0.25, 0.3) is 21.5 Å². The number of nitrogens with zero attached hydrogens (tertiary/aromatic N) is 4. The summed E-state index contributed by atoms with van der Waals surface area (Å²) in [5, 5.41) is 23.0. The molecule has 21 heteroatoms. The number of phosphoric acid groups is 1. The lowest BCUT2D eigenvalue weighted by molar-refractivity contribution is -0.207. The number of carbonyl (C=O) groups is 3. The fourth-order valence-electron chi connectivity index (χ4n) is 8.83. The Morgan fingerprint density at radius 3 is 2.13 bits per heavy atom. The lowest BCUT2D eigenvalue weighted by Gasteiger charge is -2.22. The first-order chi connectivity index (χ1) is 34.2. The van der Waals surface area contributed by atoms with Crippen molar-refractivity contribution in [3.05, 3.63) is 132 Å². The Labute approximate surface area is 426 Å². The van der Waals surface area contributed by atoms with Crippen molar-refractivity contribution in [1.82, 2.24) is 4.98 Å². The number of aromatic nitrogens is 1. The Balaban J connectivity index is 1.06. The standard InChI is InChI=1S/C50H49Cl2N4O12PS2/c1-29(70-71-43-13-7-8-20-53-43)28-66-50(61)54-38-21-30(15-18-44(57)55-26-32(24-51)46-36-11-5-3-9-34(36)41(22-39(46)55)67-49(65-2)48(59)60)14-16-31(38)17-19-45(58)56-27-33(25-52)47-37-12-6-4-10-35(37)42(23-40(47)56)68-69(62,63)64/h3-13,15,17-18,20-23,29,32-33,48-49,59-60H,14,16,19,24-28H2,1-2H3,(H2,62,63,64)/b18-15+,31-17+,54-38?. The number of anilines is 2. The van der Waals surface area contributed by atoms with E-state index in [0.717, 1.165) is 21.5 Å². The molecular weight excluding hydrogens is 1010 g/mol. The minimum Gasteiger partial charge on any atom is -0.459 e. The van der Waals surface area contributed by atoms with E-state index in [9.17, 15) is 38.9 Å². The number of allylic oxidation sites excluding steroid dienone is 4. The molecule has 0 saturated carbocycles. The summed E-state index contributed by atoms with van der Waals surface area (Å²) in [4.78, 5) is 73.0. The van der Waals surface area contributed by atoms with Gasteiger partial charge in [0, 0.05) is 90.6 Å². The van der Waals surface area contributed by atoms with E-state index in [1.807, 2.05) is 49.4 Å². The number of benzene rings is 4. The van der Waals surface area contributed by atoms with Gasteiger partial charge in [-0.1, -0.05) is 77.5 Å². The number of carbonyl (C=O) groups excluding carboxylic acids is 3. The van der Waals surface area contributed by atoms with Gasteiger partial charge < -0.3 is 38.7 Å². The highest BCUT2D eigenvalue weighted by atomic mass is 35.5. The van der Waals surface area contributed by atoms with Crippen molar-refractivity contribution in [3.8, 4) is 11.5 Å². The third kappa shape index (κ3) is 12.2. The van der Waals surface area contributed by atoms with Crippen LogP contribution in [0.1, 0.15) is 49.1 Å². The van der Waals surface area contributed by atoms with E-state index < -0.39 is 26.5 Å². The second-order valence-corrected chi connectivity index (χ2v) is 21.2. The van der Waals surface area contributed by atoms with Gasteiger partial charge in [-0.2, -0.15) is 4.99 Å². The Morgan fingerprint density at radius 2 is 1.51 bits per heavy atom. The van der Waals surface area contributed by atoms with Gasteiger partial charge in [0.1, 0.15) is 23.1 Å². The number of fused-ring (bicyclic) bond motifs is 6. The van der Waals surface area contributed by atoms with E-state index >= 15 is 0 Å². The minimum absolute atomic E-state index is 0.0521.